The number of carbonyl (C=O) groups excluding carboxylic acids is 1. The van der Waals surface area contributed by atoms with E-state index in [2.05, 4.69) is 39.1 Å². The van der Waals surface area contributed by atoms with Crippen molar-refractivity contribution in [2.45, 2.75) is 27.7 Å². The van der Waals surface area contributed by atoms with E-state index in [9.17, 15) is 4.79 Å². The zero-order chi connectivity index (χ0) is 10.2. The Morgan fingerprint density at radius 3 is 2.31 bits per heavy atom. The Kier molecular flexibility index (Phi) is 2.51. The van der Waals surface area contributed by atoms with Gasteiger partial charge in [0.1, 0.15) is 0 Å². The minimum Gasteiger partial charge on any atom is -0.359 e. The Balaban J connectivity index is 2.72. The lowest BCUT2D eigenvalue weighted by Gasteiger charge is -1.99. The molecule has 1 rings (SSSR count). The first-order valence-electron chi connectivity index (χ1n) is 4.78. The molecule has 0 aromatic heterocycles. The van der Waals surface area contributed by atoms with Crippen LogP contribution in [0.2, 0.25) is 0 Å². The number of nitrogens with one attached hydrogen (secondary N) is 1. The molecule has 0 heterocycles. The van der Waals surface area contributed by atoms with Crippen molar-refractivity contribution >= 4 is 5.91 Å². The summed E-state index contributed by atoms with van der Waals surface area (Å²) in [5.74, 6) is 0.775. The van der Waals surface area contributed by atoms with Crippen LogP contribution in [0.5, 0.6) is 0 Å². The average Bonchev–Trinajstić information content (AvgIpc) is 2.51. The standard InChI is InChI=1S/C11H19NO/c1-7(2)6-8-9(10(13)12-5)11(8,3)4/h6,8-9H,1-5H3,(H,12,13)/t8-,9?/m1/s1. The van der Waals surface area contributed by atoms with E-state index < -0.39 is 0 Å². The highest BCUT2D eigenvalue weighted by molar-refractivity contribution is 5.83. The van der Waals surface area contributed by atoms with E-state index >= 15 is 0 Å². The molecule has 1 amide bonds. The summed E-state index contributed by atoms with van der Waals surface area (Å²) in [6, 6.07) is 0. The molecular formula is C11H19NO. The molecule has 0 aromatic carbocycles. The Morgan fingerprint density at radius 1 is 1.38 bits per heavy atom. The maximum absolute atomic E-state index is 11.4. The van der Waals surface area contributed by atoms with Gasteiger partial charge in [0.2, 0.25) is 5.91 Å². The first kappa shape index (κ1) is 10.3. The van der Waals surface area contributed by atoms with E-state index in [1.165, 1.54) is 5.57 Å². The SMILES string of the molecule is CNC(=O)C1[C@@H](C=C(C)C)C1(C)C. The Bertz CT molecular complexity index is 249. The summed E-state index contributed by atoms with van der Waals surface area (Å²) >= 11 is 0. The van der Waals surface area contributed by atoms with E-state index in [0.717, 1.165) is 0 Å². The fourth-order valence-electron chi connectivity index (χ4n) is 2.00. The van der Waals surface area contributed by atoms with Crippen molar-refractivity contribution in [1.29, 1.82) is 0 Å². The van der Waals surface area contributed by atoms with E-state index in [0.29, 0.717) is 5.92 Å². The zero-order valence-corrected chi connectivity index (χ0v) is 9.14. The molecule has 0 aromatic rings. The van der Waals surface area contributed by atoms with Crippen molar-refractivity contribution in [3.05, 3.63) is 11.6 Å². The highest BCUT2D eigenvalue weighted by Crippen LogP contribution is 2.59. The minimum absolute atomic E-state index is 0.150. The number of hydrogen-bond donors (Lipinski definition) is 1. The van der Waals surface area contributed by atoms with Gasteiger partial charge < -0.3 is 5.32 Å². The Morgan fingerprint density at radius 2 is 1.92 bits per heavy atom. The largest absolute Gasteiger partial charge is 0.359 e. The van der Waals surface area contributed by atoms with Crippen molar-refractivity contribution in [1.82, 2.24) is 5.32 Å². The number of rotatable bonds is 2. The van der Waals surface area contributed by atoms with Gasteiger partial charge in [-0.05, 0) is 25.2 Å². The molecule has 1 unspecified atom stereocenters. The van der Waals surface area contributed by atoms with Gasteiger partial charge in [0, 0.05) is 7.05 Å². The molecular weight excluding hydrogens is 162 g/mol. The maximum Gasteiger partial charge on any atom is 0.224 e. The highest BCUT2D eigenvalue weighted by Gasteiger charge is 2.59. The second-order valence-corrected chi connectivity index (χ2v) is 4.68. The maximum atomic E-state index is 11.4. The lowest BCUT2D eigenvalue weighted by Crippen LogP contribution is -2.22. The van der Waals surface area contributed by atoms with Crippen LogP contribution in [0.4, 0.5) is 0 Å². The van der Waals surface area contributed by atoms with Gasteiger partial charge in [-0.3, -0.25) is 4.79 Å². The van der Waals surface area contributed by atoms with E-state index in [4.69, 9.17) is 0 Å². The summed E-state index contributed by atoms with van der Waals surface area (Å²) in [7, 11) is 1.70. The number of allylic oxidation sites excluding steroid dienone is 2. The third kappa shape index (κ3) is 1.77. The van der Waals surface area contributed by atoms with Gasteiger partial charge in [-0.15, -0.1) is 0 Å². The second-order valence-electron chi connectivity index (χ2n) is 4.68. The fourth-order valence-corrected chi connectivity index (χ4v) is 2.00. The first-order valence-corrected chi connectivity index (χ1v) is 4.78. The van der Waals surface area contributed by atoms with Crippen molar-refractivity contribution in [3.63, 3.8) is 0 Å². The van der Waals surface area contributed by atoms with Crippen LogP contribution in [0.15, 0.2) is 11.6 Å². The smallest absolute Gasteiger partial charge is 0.224 e. The minimum atomic E-state index is 0.150. The molecule has 1 aliphatic rings. The topological polar surface area (TPSA) is 29.1 Å². The first-order chi connectivity index (χ1) is 5.91. The fraction of sp³-hybridized carbons (Fsp3) is 0.727. The monoisotopic (exact) mass is 181 g/mol. The molecule has 2 nitrogen and oxygen atoms in total. The van der Waals surface area contributed by atoms with Gasteiger partial charge in [-0.1, -0.05) is 25.5 Å². The van der Waals surface area contributed by atoms with Gasteiger partial charge >= 0.3 is 0 Å². The molecule has 0 radical (unpaired) electrons. The van der Waals surface area contributed by atoms with Crippen LogP contribution in [-0.4, -0.2) is 13.0 Å². The summed E-state index contributed by atoms with van der Waals surface area (Å²) in [4.78, 5) is 11.4. The van der Waals surface area contributed by atoms with E-state index in [-0.39, 0.29) is 17.2 Å². The predicted molar refractivity (Wildman–Crippen MR) is 54.3 cm³/mol. The molecule has 74 valence electrons. The molecule has 1 N–H and O–H groups in total. The Hall–Kier alpha value is -0.790. The normalized spacial score (nSPS) is 29.3. The number of hydrogen-bond acceptors (Lipinski definition) is 1. The molecule has 0 bridgehead atoms. The molecule has 2 atom stereocenters. The van der Waals surface area contributed by atoms with Gasteiger partial charge in [-0.25, -0.2) is 0 Å². The average molecular weight is 181 g/mol. The predicted octanol–water partition coefficient (Wildman–Crippen LogP) is 1.97. The number of amides is 1. The summed E-state index contributed by atoms with van der Waals surface area (Å²) in [6.07, 6.45) is 2.21. The lowest BCUT2D eigenvalue weighted by molar-refractivity contribution is -0.122. The summed E-state index contributed by atoms with van der Waals surface area (Å²) in [6.45, 7) is 8.46. The Labute approximate surface area is 80.4 Å². The van der Waals surface area contributed by atoms with Gasteiger partial charge in [0.15, 0.2) is 0 Å². The molecule has 1 aliphatic carbocycles. The molecule has 0 spiro atoms. The molecule has 2 heteroatoms. The lowest BCUT2D eigenvalue weighted by atomic mass is 10.1. The molecule has 0 saturated heterocycles. The molecule has 0 aliphatic heterocycles. The van der Waals surface area contributed by atoms with Crippen LogP contribution in [-0.2, 0) is 4.79 Å². The third-order valence-electron chi connectivity index (χ3n) is 2.95. The third-order valence-corrected chi connectivity index (χ3v) is 2.95. The molecule has 1 saturated carbocycles. The van der Waals surface area contributed by atoms with E-state index in [1.54, 1.807) is 7.05 Å². The quantitative estimate of drug-likeness (QED) is 0.648. The van der Waals surface area contributed by atoms with Crippen LogP contribution in [0, 0.1) is 17.3 Å². The summed E-state index contributed by atoms with van der Waals surface area (Å²) in [5.41, 5.74) is 1.45. The molecule has 13 heavy (non-hydrogen) atoms. The van der Waals surface area contributed by atoms with Gasteiger partial charge in [-0.2, -0.15) is 0 Å². The summed E-state index contributed by atoms with van der Waals surface area (Å²) in [5, 5.41) is 2.72. The van der Waals surface area contributed by atoms with Crippen LogP contribution < -0.4 is 5.32 Å². The van der Waals surface area contributed by atoms with Crippen molar-refractivity contribution < 1.29 is 4.79 Å². The van der Waals surface area contributed by atoms with Gasteiger partial charge in [0.05, 0.1) is 5.92 Å². The second kappa shape index (κ2) is 3.17. The zero-order valence-electron chi connectivity index (χ0n) is 9.14. The van der Waals surface area contributed by atoms with Crippen molar-refractivity contribution in [2.24, 2.45) is 17.3 Å². The number of carbonyl (C=O) groups is 1. The van der Waals surface area contributed by atoms with Crippen LogP contribution >= 0.6 is 0 Å². The van der Waals surface area contributed by atoms with Gasteiger partial charge in [0.25, 0.3) is 0 Å². The van der Waals surface area contributed by atoms with Crippen LogP contribution in [0.1, 0.15) is 27.7 Å². The van der Waals surface area contributed by atoms with Crippen LogP contribution in [0.25, 0.3) is 0 Å². The van der Waals surface area contributed by atoms with Crippen LogP contribution in [0.3, 0.4) is 0 Å². The highest BCUT2D eigenvalue weighted by atomic mass is 16.2. The molecule has 1 fully saturated rings. The van der Waals surface area contributed by atoms with Crippen molar-refractivity contribution in [3.8, 4) is 0 Å². The van der Waals surface area contributed by atoms with Crippen molar-refractivity contribution in [2.75, 3.05) is 7.05 Å². The van der Waals surface area contributed by atoms with E-state index in [1.807, 2.05) is 0 Å². The summed E-state index contributed by atoms with van der Waals surface area (Å²) < 4.78 is 0.